The first-order valence-electron chi connectivity index (χ1n) is 5.54. The summed E-state index contributed by atoms with van der Waals surface area (Å²) < 4.78 is 13.6. The highest BCUT2D eigenvalue weighted by Gasteiger charge is 2.13. The standard InChI is InChI=1S/C14H10Cl3FO/c15-10-3-1-8(13(18)7-10)6-14(19)9-2-4-11(16)12(17)5-9/h1-5,7,14,19H,6H2. The van der Waals surface area contributed by atoms with Crippen molar-refractivity contribution in [3.05, 3.63) is 68.4 Å². The van der Waals surface area contributed by atoms with Gasteiger partial charge in [0.25, 0.3) is 0 Å². The minimum atomic E-state index is -0.856. The Bertz CT molecular complexity index is 601. The smallest absolute Gasteiger partial charge is 0.127 e. The van der Waals surface area contributed by atoms with E-state index in [9.17, 15) is 9.50 Å². The molecular weight excluding hydrogens is 310 g/mol. The molecule has 1 nitrogen and oxygen atoms in total. The molecule has 0 spiro atoms. The third-order valence-corrected chi connectivity index (χ3v) is 3.73. The highest BCUT2D eigenvalue weighted by molar-refractivity contribution is 6.42. The topological polar surface area (TPSA) is 20.2 Å². The lowest BCUT2D eigenvalue weighted by atomic mass is 10.0. The molecule has 1 atom stereocenters. The number of hydrogen-bond donors (Lipinski definition) is 1. The maximum atomic E-state index is 13.6. The molecule has 0 aliphatic carbocycles. The van der Waals surface area contributed by atoms with E-state index in [0.717, 1.165) is 0 Å². The Kier molecular flexibility index (Phi) is 4.69. The monoisotopic (exact) mass is 318 g/mol. The van der Waals surface area contributed by atoms with Crippen molar-refractivity contribution in [2.24, 2.45) is 0 Å². The molecule has 0 aliphatic heterocycles. The minimum absolute atomic E-state index is 0.140. The van der Waals surface area contributed by atoms with E-state index in [1.165, 1.54) is 6.07 Å². The Morgan fingerprint density at radius 1 is 1.00 bits per heavy atom. The number of rotatable bonds is 3. The van der Waals surface area contributed by atoms with E-state index in [0.29, 0.717) is 26.2 Å². The first-order chi connectivity index (χ1) is 8.97. The molecule has 0 saturated heterocycles. The van der Waals surface area contributed by atoms with Crippen LogP contribution in [0.4, 0.5) is 4.39 Å². The third kappa shape index (κ3) is 3.61. The summed E-state index contributed by atoms with van der Waals surface area (Å²) in [5, 5.41) is 11.2. The van der Waals surface area contributed by atoms with Gasteiger partial charge < -0.3 is 5.11 Å². The predicted molar refractivity (Wildman–Crippen MR) is 76.5 cm³/mol. The zero-order chi connectivity index (χ0) is 14.0. The average Bonchev–Trinajstić information content (AvgIpc) is 2.36. The van der Waals surface area contributed by atoms with Crippen LogP contribution in [0.5, 0.6) is 0 Å². The largest absolute Gasteiger partial charge is 0.388 e. The van der Waals surface area contributed by atoms with Gasteiger partial charge in [0.2, 0.25) is 0 Å². The molecular formula is C14H10Cl3FO. The normalized spacial score (nSPS) is 12.5. The molecule has 0 fully saturated rings. The summed E-state index contributed by atoms with van der Waals surface area (Å²) in [6.45, 7) is 0. The molecule has 0 heterocycles. The quantitative estimate of drug-likeness (QED) is 0.838. The van der Waals surface area contributed by atoms with Gasteiger partial charge in [-0.1, -0.05) is 46.9 Å². The van der Waals surface area contributed by atoms with E-state index in [4.69, 9.17) is 34.8 Å². The molecule has 19 heavy (non-hydrogen) atoms. The summed E-state index contributed by atoms with van der Waals surface area (Å²) in [7, 11) is 0. The number of aliphatic hydroxyl groups is 1. The van der Waals surface area contributed by atoms with Crippen LogP contribution in [0, 0.1) is 5.82 Å². The molecule has 2 aromatic carbocycles. The summed E-state index contributed by atoms with van der Waals surface area (Å²) >= 11 is 17.4. The molecule has 1 N–H and O–H groups in total. The van der Waals surface area contributed by atoms with Gasteiger partial charge >= 0.3 is 0 Å². The summed E-state index contributed by atoms with van der Waals surface area (Å²) in [5.41, 5.74) is 0.978. The lowest BCUT2D eigenvalue weighted by molar-refractivity contribution is 0.177. The maximum absolute atomic E-state index is 13.6. The molecule has 0 bridgehead atoms. The second-order valence-corrected chi connectivity index (χ2v) is 5.38. The second-order valence-electron chi connectivity index (χ2n) is 4.13. The second kappa shape index (κ2) is 6.10. The van der Waals surface area contributed by atoms with E-state index >= 15 is 0 Å². The zero-order valence-electron chi connectivity index (χ0n) is 9.71. The molecule has 2 aromatic rings. The van der Waals surface area contributed by atoms with E-state index in [1.54, 1.807) is 30.3 Å². The number of benzene rings is 2. The van der Waals surface area contributed by atoms with Gasteiger partial charge in [-0.15, -0.1) is 0 Å². The Balaban J connectivity index is 2.20. The van der Waals surface area contributed by atoms with Gasteiger partial charge in [-0.3, -0.25) is 0 Å². The minimum Gasteiger partial charge on any atom is -0.388 e. The van der Waals surface area contributed by atoms with Crippen molar-refractivity contribution in [2.45, 2.75) is 12.5 Å². The van der Waals surface area contributed by atoms with E-state index in [-0.39, 0.29) is 6.42 Å². The van der Waals surface area contributed by atoms with Gasteiger partial charge in [0.1, 0.15) is 5.82 Å². The van der Waals surface area contributed by atoms with Crippen LogP contribution in [-0.4, -0.2) is 5.11 Å². The van der Waals surface area contributed by atoms with Crippen LogP contribution < -0.4 is 0 Å². The fourth-order valence-electron chi connectivity index (χ4n) is 1.73. The summed E-state index contributed by atoms with van der Waals surface area (Å²) in [6.07, 6.45) is -0.716. The van der Waals surface area contributed by atoms with Gasteiger partial charge in [-0.25, -0.2) is 4.39 Å². The Labute approximate surface area is 125 Å². The van der Waals surface area contributed by atoms with Crippen molar-refractivity contribution in [1.29, 1.82) is 0 Å². The fourth-order valence-corrected chi connectivity index (χ4v) is 2.20. The number of aliphatic hydroxyl groups excluding tert-OH is 1. The van der Waals surface area contributed by atoms with Gasteiger partial charge in [-0.05, 0) is 35.4 Å². The summed E-state index contributed by atoms with van der Waals surface area (Å²) in [4.78, 5) is 0. The van der Waals surface area contributed by atoms with Crippen LogP contribution in [0.25, 0.3) is 0 Å². The van der Waals surface area contributed by atoms with Crippen molar-refractivity contribution >= 4 is 34.8 Å². The molecule has 0 radical (unpaired) electrons. The van der Waals surface area contributed by atoms with Crippen molar-refractivity contribution in [1.82, 2.24) is 0 Å². The van der Waals surface area contributed by atoms with Crippen molar-refractivity contribution in [2.75, 3.05) is 0 Å². The predicted octanol–water partition coefficient (Wildman–Crippen LogP) is 5.06. The van der Waals surface area contributed by atoms with E-state index in [1.807, 2.05) is 0 Å². The third-order valence-electron chi connectivity index (χ3n) is 2.76. The van der Waals surface area contributed by atoms with Gasteiger partial charge in [-0.2, -0.15) is 0 Å². The molecule has 2 rings (SSSR count). The van der Waals surface area contributed by atoms with Crippen molar-refractivity contribution in [3.8, 4) is 0 Å². The number of hydrogen-bond acceptors (Lipinski definition) is 1. The molecule has 1 unspecified atom stereocenters. The van der Waals surface area contributed by atoms with Crippen LogP contribution in [-0.2, 0) is 6.42 Å². The van der Waals surface area contributed by atoms with E-state index in [2.05, 4.69) is 0 Å². The molecule has 0 amide bonds. The highest BCUT2D eigenvalue weighted by Crippen LogP contribution is 2.28. The van der Waals surface area contributed by atoms with Crippen molar-refractivity contribution < 1.29 is 9.50 Å². The molecule has 0 saturated carbocycles. The maximum Gasteiger partial charge on any atom is 0.127 e. The average molecular weight is 320 g/mol. The molecule has 0 aromatic heterocycles. The fraction of sp³-hybridized carbons (Fsp3) is 0.143. The van der Waals surface area contributed by atoms with Gasteiger partial charge in [0.15, 0.2) is 0 Å². The van der Waals surface area contributed by atoms with Crippen LogP contribution >= 0.6 is 34.8 Å². The first-order valence-corrected chi connectivity index (χ1v) is 6.67. The van der Waals surface area contributed by atoms with Crippen LogP contribution in [0.2, 0.25) is 15.1 Å². The molecule has 0 aliphatic rings. The lowest BCUT2D eigenvalue weighted by Gasteiger charge is -2.12. The SMILES string of the molecule is OC(Cc1ccc(Cl)cc1F)c1ccc(Cl)c(Cl)c1. The zero-order valence-corrected chi connectivity index (χ0v) is 12.0. The Hall–Kier alpha value is -0.800. The van der Waals surface area contributed by atoms with E-state index < -0.39 is 11.9 Å². The Morgan fingerprint density at radius 2 is 1.74 bits per heavy atom. The van der Waals surface area contributed by atoms with Gasteiger partial charge in [0.05, 0.1) is 16.1 Å². The van der Waals surface area contributed by atoms with Gasteiger partial charge in [0, 0.05) is 11.4 Å². The first kappa shape index (κ1) is 14.6. The lowest BCUT2D eigenvalue weighted by Crippen LogP contribution is -2.03. The molecule has 100 valence electrons. The van der Waals surface area contributed by atoms with Crippen molar-refractivity contribution in [3.63, 3.8) is 0 Å². The molecule has 5 heteroatoms. The number of halogens is 4. The Morgan fingerprint density at radius 3 is 2.37 bits per heavy atom. The van der Waals surface area contributed by atoms with Crippen LogP contribution in [0.15, 0.2) is 36.4 Å². The highest BCUT2D eigenvalue weighted by atomic mass is 35.5. The van der Waals surface area contributed by atoms with Crippen LogP contribution in [0.1, 0.15) is 17.2 Å². The summed E-state index contributed by atoms with van der Waals surface area (Å²) in [6, 6.07) is 9.19. The summed E-state index contributed by atoms with van der Waals surface area (Å²) in [5.74, 6) is -0.438. The van der Waals surface area contributed by atoms with Crippen LogP contribution in [0.3, 0.4) is 0 Å².